The molecule has 0 bridgehead atoms. The number of ether oxygens (including phenoxy) is 1. The van der Waals surface area contributed by atoms with Crippen molar-refractivity contribution >= 4 is 5.91 Å². The zero-order valence-corrected chi connectivity index (χ0v) is 12.2. The SMILES string of the molecule is Cc1ccccc1OCCNC(=O)C1(N)CCCCC1. The fraction of sp³-hybridized carbons (Fsp3) is 0.562. The Labute approximate surface area is 120 Å². The van der Waals surface area contributed by atoms with Crippen molar-refractivity contribution in [2.24, 2.45) is 5.73 Å². The van der Waals surface area contributed by atoms with Gasteiger partial charge in [-0.05, 0) is 31.4 Å². The lowest BCUT2D eigenvalue weighted by molar-refractivity contribution is -0.127. The Morgan fingerprint density at radius 3 is 2.70 bits per heavy atom. The number of carbonyl (C=O) groups excluding carboxylic acids is 1. The van der Waals surface area contributed by atoms with Crippen LogP contribution in [0.4, 0.5) is 0 Å². The molecule has 1 amide bonds. The van der Waals surface area contributed by atoms with Crippen LogP contribution in [0.15, 0.2) is 24.3 Å². The molecule has 0 atom stereocenters. The molecular weight excluding hydrogens is 252 g/mol. The van der Waals surface area contributed by atoms with E-state index >= 15 is 0 Å². The summed E-state index contributed by atoms with van der Waals surface area (Å²) in [6.45, 7) is 2.96. The summed E-state index contributed by atoms with van der Waals surface area (Å²) in [5, 5.41) is 2.89. The Bertz CT molecular complexity index is 454. The quantitative estimate of drug-likeness (QED) is 0.810. The van der Waals surface area contributed by atoms with Crippen LogP contribution in [-0.2, 0) is 4.79 Å². The highest BCUT2D eigenvalue weighted by Crippen LogP contribution is 2.25. The van der Waals surface area contributed by atoms with Gasteiger partial charge in [0.15, 0.2) is 0 Å². The minimum Gasteiger partial charge on any atom is -0.491 e. The van der Waals surface area contributed by atoms with Crippen molar-refractivity contribution in [1.82, 2.24) is 5.32 Å². The lowest BCUT2D eigenvalue weighted by Gasteiger charge is -2.31. The van der Waals surface area contributed by atoms with E-state index < -0.39 is 5.54 Å². The average molecular weight is 276 g/mol. The highest BCUT2D eigenvalue weighted by molar-refractivity contribution is 5.86. The van der Waals surface area contributed by atoms with Crippen LogP contribution < -0.4 is 15.8 Å². The molecule has 0 unspecified atom stereocenters. The van der Waals surface area contributed by atoms with Crippen LogP contribution in [0.2, 0.25) is 0 Å². The minimum atomic E-state index is -0.666. The summed E-state index contributed by atoms with van der Waals surface area (Å²) in [4.78, 5) is 12.1. The predicted octanol–water partition coefficient (Wildman–Crippen LogP) is 2.15. The molecule has 0 radical (unpaired) electrons. The molecule has 0 spiro atoms. The molecular formula is C16H24N2O2. The van der Waals surface area contributed by atoms with Gasteiger partial charge in [-0.3, -0.25) is 4.79 Å². The van der Waals surface area contributed by atoms with Crippen molar-refractivity contribution in [1.29, 1.82) is 0 Å². The number of carbonyl (C=O) groups is 1. The van der Waals surface area contributed by atoms with Crippen molar-refractivity contribution in [3.05, 3.63) is 29.8 Å². The van der Waals surface area contributed by atoms with Crippen LogP contribution in [0.25, 0.3) is 0 Å². The van der Waals surface area contributed by atoms with E-state index in [9.17, 15) is 4.79 Å². The van der Waals surface area contributed by atoms with Gasteiger partial charge >= 0.3 is 0 Å². The highest BCUT2D eigenvalue weighted by atomic mass is 16.5. The maximum atomic E-state index is 12.1. The van der Waals surface area contributed by atoms with Gasteiger partial charge in [-0.1, -0.05) is 37.5 Å². The zero-order valence-electron chi connectivity index (χ0n) is 12.2. The third-order valence-corrected chi connectivity index (χ3v) is 3.94. The maximum absolute atomic E-state index is 12.1. The molecule has 1 aliphatic rings. The van der Waals surface area contributed by atoms with Gasteiger partial charge in [0, 0.05) is 0 Å². The number of amides is 1. The average Bonchev–Trinajstić information content (AvgIpc) is 2.46. The number of aryl methyl sites for hydroxylation is 1. The van der Waals surface area contributed by atoms with Gasteiger partial charge in [0.05, 0.1) is 12.1 Å². The van der Waals surface area contributed by atoms with Crippen LogP contribution in [0, 0.1) is 6.92 Å². The number of rotatable bonds is 5. The first-order valence-corrected chi connectivity index (χ1v) is 7.37. The molecule has 1 aromatic rings. The molecule has 1 fully saturated rings. The number of benzene rings is 1. The standard InChI is InChI=1S/C16H24N2O2/c1-13-7-3-4-8-14(13)20-12-11-18-15(19)16(17)9-5-2-6-10-16/h3-4,7-8H,2,5-6,9-12,17H2,1H3,(H,18,19). The molecule has 4 heteroatoms. The normalized spacial score (nSPS) is 17.5. The number of hydrogen-bond donors (Lipinski definition) is 2. The van der Waals surface area contributed by atoms with Crippen molar-refractivity contribution in [2.75, 3.05) is 13.2 Å². The number of para-hydroxylation sites is 1. The summed E-state index contributed by atoms with van der Waals surface area (Å²) in [5.74, 6) is 0.826. The molecule has 2 rings (SSSR count). The molecule has 0 aromatic heterocycles. The van der Waals surface area contributed by atoms with Crippen molar-refractivity contribution in [2.45, 2.75) is 44.6 Å². The maximum Gasteiger partial charge on any atom is 0.240 e. The van der Waals surface area contributed by atoms with Gasteiger partial charge in [-0.25, -0.2) is 0 Å². The molecule has 20 heavy (non-hydrogen) atoms. The Morgan fingerprint density at radius 2 is 2.00 bits per heavy atom. The number of hydrogen-bond acceptors (Lipinski definition) is 3. The van der Waals surface area contributed by atoms with Crippen LogP contribution >= 0.6 is 0 Å². The summed E-state index contributed by atoms with van der Waals surface area (Å²) in [7, 11) is 0. The van der Waals surface area contributed by atoms with E-state index in [0.29, 0.717) is 13.2 Å². The largest absolute Gasteiger partial charge is 0.491 e. The Morgan fingerprint density at radius 1 is 1.30 bits per heavy atom. The van der Waals surface area contributed by atoms with E-state index in [4.69, 9.17) is 10.5 Å². The fourth-order valence-corrected chi connectivity index (χ4v) is 2.63. The number of nitrogens with one attached hydrogen (secondary N) is 1. The second-order valence-electron chi connectivity index (χ2n) is 5.59. The van der Waals surface area contributed by atoms with Crippen LogP contribution in [0.3, 0.4) is 0 Å². The summed E-state index contributed by atoms with van der Waals surface area (Å²) >= 11 is 0. The van der Waals surface area contributed by atoms with E-state index in [-0.39, 0.29) is 5.91 Å². The van der Waals surface area contributed by atoms with Crippen LogP contribution in [-0.4, -0.2) is 24.6 Å². The third kappa shape index (κ3) is 3.73. The Balaban J connectivity index is 1.73. The Hall–Kier alpha value is -1.55. The summed E-state index contributed by atoms with van der Waals surface area (Å²) in [6, 6.07) is 7.86. The molecule has 4 nitrogen and oxygen atoms in total. The summed E-state index contributed by atoms with van der Waals surface area (Å²) < 4.78 is 5.65. The first-order chi connectivity index (χ1) is 9.62. The Kier molecular flexibility index (Phi) is 5.01. The fourth-order valence-electron chi connectivity index (χ4n) is 2.63. The summed E-state index contributed by atoms with van der Waals surface area (Å²) in [6.07, 6.45) is 4.85. The second kappa shape index (κ2) is 6.75. The van der Waals surface area contributed by atoms with E-state index in [1.54, 1.807) is 0 Å². The molecule has 0 aliphatic heterocycles. The minimum absolute atomic E-state index is 0.0365. The van der Waals surface area contributed by atoms with Gasteiger partial charge in [0.1, 0.15) is 12.4 Å². The van der Waals surface area contributed by atoms with E-state index in [1.165, 1.54) is 6.42 Å². The van der Waals surface area contributed by atoms with Crippen LogP contribution in [0.1, 0.15) is 37.7 Å². The lowest BCUT2D eigenvalue weighted by atomic mass is 9.82. The van der Waals surface area contributed by atoms with E-state index in [0.717, 1.165) is 37.0 Å². The molecule has 3 N–H and O–H groups in total. The monoisotopic (exact) mass is 276 g/mol. The van der Waals surface area contributed by atoms with Gasteiger partial charge in [0.2, 0.25) is 5.91 Å². The predicted molar refractivity (Wildman–Crippen MR) is 79.7 cm³/mol. The second-order valence-corrected chi connectivity index (χ2v) is 5.59. The van der Waals surface area contributed by atoms with Crippen molar-refractivity contribution in [3.63, 3.8) is 0 Å². The van der Waals surface area contributed by atoms with Gasteiger partial charge < -0.3 is 15.8 Å². The molecule has 110 valence electrons. The van der Waals surface area contributed by atoms with Crippen LogP contribution in [0.5, 0.6) is 5.75 Å². The molecule has 0 saturated heterocycles. The summed E-state index contributed by atoms with van der Waals surface area (Å²) in [5.41, 5.74) is 6.60. The van der Waals surface area contributed by atoms with E-state index in [2.05, 4.69) is 5.32 Å². The first-order valence-electron chi connectivity index (χ1n) is 7.37. The van der Waals surface area contributed by atoms with Gasteiger partial charge in [0.25, 0.3) is 0 Å². The third-order valence-electron chi connectivity index (χ3n) is 3.94. The van der Waals surface area contributed by atoms with Crippen molar-refractivity contribution < 1.29 is 9.53 Å². The molecule has 0 heterocycles. The van der Waals surface area contributed by atoms with Crippen molar-refractivity contribution in [3.8, 4) is 5.75 Å². The number of nitrogens with two attached hydrogens (primary N) is 1. The first kappa shape index (κ1) is 14.9. The zero-order chi connectivity index (χ0) is 14.4. The lowest BCUT2D eigenvalue weighted by Crippen LogP contribution is -2.55. The smallest absolute Gasteiger partial charge is 0.240 e. The molecule has 1 aliphatic carbocycles. The highest BCUT2D eigenvalue weighted by Gasteiger charge is 2.34. The molecule has 1 saturated carbocycles. The van der Waals surface area contributed by atoms with E-state index in [1.807, 2.05) is 31.2 Å². The van der Waals surface area contributed by atoms with Gasteiger partial charge in [-0.2, -0.15) is 0 Å². The topological polar surface area (TPSA) is 64.3 Å². The molecule has 1 aromatic carbocycles. The van der Waals surface area contributed by atoms with Gasteiger partial charge in [-0.15, -0.1) is 0 Å².